The minimum atomic E-state index is -3.12. The molecule has 26 nitrogen and oxygen atoms in total. The van der Waals surface area contributed by atoms with Crippen LogP contribution in [0.4, 0.5) is 8.78 Å². The fourth-order valence-corrected chi connectivity index (χ4v) is 11.4. The van der Waals surface area contributed by atoms with Gasteiger partial charge in [-0.2, -0.15) is 0 Å². The number of fused-ring (bicyclic) bond motifs is 1. The number of carboxylic acid groups (broad SMARTS) is 1. The first kappa shape index (κ1) is 73.7. The van der Waals surface area contributed by atoms with Crippen molar-refractivity contribution in [1.29, 1.82) is 0 Å². The first-order chi connectivity index (χ1) is 44.8. The van der Waals surface area contributed by atoms with Gasteiger partial charge in [0, 0.05) is 96.4 Å². The average Bonchev–Trinajstić information content (AvgIpc) is 1.78. The van der Waals surface area contributed by atoms with Gasteiger partial charge in [-0.3, -0.25) is 72.5 Å². The number of aliphatic carboxylic acids is 1. The maximum atomic E-state index is 14.5. The molecule has 3 aliphatic rings. The van der Waals surface area contributed by atoms with Gasteiger partial charge in [0.05, 0.1) is 63.4 Å². The molecule has 6 rings (SSSR count). The molecule has 0 bridgehead atoms. The molecule has 0 saturated carbocycles. The molecule has 0 spiro atoms. The topological polar surface area (TPSA) is 308 Å². The summed E-state index contributed by atoms with van der Waals surface area (Å²) in [5.41, 5.74) is 2.99. The number of aryl methyl sites for hydroxylation is 2. The highest BCUT2D eigenvalue weighted by atomic mass is 19.3. The molecule has 0 aliphatic carbocycles. The van der Waals surface area contributed by atoms with Crippen molar-refractivity contribution in [3.05, 3.63) is 71.4 Å². The third kappa shape index (κ3) is 25.6. The minimum absolute atomic E-state index is 0.0391. The molecule has 3 aliphatic heterocycles. The third-order valence-electron chi connectivity index (χ3n) is 16.7. The molecule has 5 N–H and O–H groups in total. The number of rotatable bonds is 34. The molecule has 0 radical (unpaired) electrons. The Morgan fingerprint density at radius 1 is 0.774 bits per heavy atom. The van der Waals surface area contributed by atoms with E-state index in [4.69, 9.17) is 25.4 Å². The standard InChI is InChI=1S/C65H89F2N11O15/c1-4-50-38-65(66,67)42-78(50)59(83)39-70-62(87)52-20-24-68-54-19-18-51(36-53(52)54)93-35-8-6-10-49-21-25-77(26-22-49)64(89)56(37-61(86)90-3)72-63(88)55(12-5-7-23-69-57(81)13-9-11-48-16-14-47(2)15-17-48)71-58(82)40-73-27-28-74(41-60(84)85)30-32-76(44-92-46-80)34-33-75(31-29-73)43-91-45-79/h1,14-20,24,36,45-46,49-50,55-56H,5-13,21-23,25-35,37-44H2,2-3H3,(H,69,81)(H,70,87)(H,71,82)(H,72,88)(H,84,85)/t50-,55-,56-/m0/s1. The highest BCUT2D eigenvalue weighted by molar-refractivity contribution is 6.07. The number of methoxy groups -OCH3 is 1. The molecule has 3 aromatic rings. The van der Waals surface area contributed by atoms with Crippen LogP contribution in [0, 0.1) is 25.2 Å². The number of carboxylic acids is 1. The van der Waals surface area contributed by atoms with Gasteiger partial charge >= 0.3 is 11.9 Å². The number of amides is 6. The highest BCUT2D eigenvalue weighted by Gasteiger charge is 2.46. The van der Waals surface area contributed by atoms with Crippen molar-refractivity contribution in [3.8, 4) is 18.1 Å². The first-order valence-corrected chi connectivity index (χ1v) is 31.7. The SMILES string of the molecule is C#C[C@H]1CC(F)(F)CN1C(=O)CNC(=O)c1ccnc2ccc(OCCCCC3CCN(C(=O)[C@H](CC(=O)OC)NC(=O)[C@H](CCCCNC(=O)CCCc4ccc(C)cc4)NC(=O)CN4CCN(COC=O)CCN(COC=O)CCN(CC(=O)O)CC4)CC3)cc12. The van der Waals surface area contributed by atoms with Crippen LogP contribution in [-0.2, 0) is 63.8 Å². The number of benzene rings is 2. The van der Waals surface area contributed by atoms with Gasteiger partial charge in [0.15, 0.2) is 0 Å². The van der Waals surface area contributed by atoms with Gasteiger partial charge in [0.1, 0.15) is 31.3 Å². The van der Waals surface area contributed by atoms with E-state index in [-0.39, 0.29) is 76.5 Å². The number of carbonyl (C=O) groups is 10. The molecule has 3 fully saturated rings. The number of unbranched alkanes of at least 4 members (excludes halogenated alkanes) is 2. The van der Waals surface area contributed by atoms with Crippen LogP contribution in [0.1, 0.15) is 98.5 Å². The lowest BCUT2D eigenvalue weighted by Gasteiger charge is -2.35. The van der Waals surface area contributed by atoms with Gasteiger partial charge in [0.2, 0.25) is 29.5 Å². The van der Waals surface area contributed by atoms with Crippen molar-refractivity contribution >= 4 is 71.2 Å². The Hall–Kier alpha value is -8.39. The number of ether oxygens (including phenoxy) is 4. The van der Waals surface area contributed by atoms with E-state index in [0.717, 1.165) is 35.3 Å². The van der Waals surface area contributed by atoms with Crippen LogP contribution >= 0.6 is 0 Å². The van der Waals surface area contributed by atoms with Gasteiger partial charge in [-0.25, -0.2) is 8.78 Å². The Kier molecular flexibility index (Phi) is 30.6. The van der Waals surface area contributed by atoms with E-state index in [1.54, 1.807) is 32.9 Å². The van der Waals surface area contributed by atoms with Gasteiger partial charge in [-0.05, 0) is 100 Å². The van der Waals surface area contributed by atoms with Gasteiger partial charge in [-0.15, -0.1) is 6.42 Å². The van der Waals surface area contributed by atoms with E-state index in [0.29, 0.717) is 127 Å². The average molecular weight is 1300 g/mol. The lowest BCUT2D eigenvalue weighted by molar-refractivity contribution is -0.147. The van der Waals surface area contributed by atoms with E-state index < -0.39 is 91.5 Å². The van der Waals surface area contributed by atoms with Gasteiger partial charge in [-0.1, -0.05) is 42.2 Å². The molecular weight excluding hydrogens is 1210 g/mol. The number of likely N-dealkylation sites (tertiary alicyclic amines) is 2. The summed E-state index contributed by atoms with van der Waals surface area (Å²) in [6, 6.07) is 11.1. The Labute approximate surface area is 541 Å². The number of piperidine rings is 1. The summed E-state index contributed by atoms with van der Waals surface area (Å²) in [6.07, 6.45) is 12.0. The van der Waals surface area contributed by atoms with Crippen molar-refractivity contribution < 1.29 is 80.8 Å². The molecule has 508 valence electrons. The summed E-state index contributed by atoms with van der Waals surface area (Å²) in [4.78, 5) is 143. The van der Waals surface area contributed by atoms with Crippen LogP contribution in [0.5, 0.6) is 5.75 Å². The fourth-order valence-electron chi connectivity index (χ4n) is 11.4. The monoisotopic (exact) mass is 1300 g/mol. The van der Waals surface area contributed by atoms with E-state index >= 15 is 0 Å². The molecule has 6 amide bonds. The van der Waals surface area contributed by atoms with Crippen LogP contribution in [0.25, 0.3) is 10.9 Å². The second-order valence-corrected chi connectivity index (χ2v) is 23.7. The Balaban J connectivity index is 1.03. The summed E-state index contributed by atoms with van der Waals surface area (Å²) in [5.74, 6) is -5.16. The zero-order valence-corrected chi connectivity index (χ0v) is 53.2. The Bertz CT molecular complexity index is 3020. The van der Waals surface area contributed by atoms with Crippen LogP contribution in [0.2, 0.25) is 0 Å². The van der Waals surface area contributed by atoms with E-state index in [9.17, 15) is 61.8 Å². The number of aromatic nitrogens is 1. The number of nitrogens with one attached hydrogen (secondary N) is 4. The van der Waals surface area contributed by atoms with Crippen molar-refractivity contribution in [2.45, 2.75) is 114 Å². The van der Waals surface area contributed by atoms with Crippen molar-refractivity contribution in [2.24, 2.45) is 5.92 Å². The minimum Gasteiger partial charge on any atom is -0.494 e. The number of hydrogen-bond acceptors (Lipinski definition) is 19. The lowest BCUT2D eigenvalue weighted by atomic mass is 9.91. The predicted octanol–water partition coefficient (Wildman–Crippen LogP) is 2.34. The normalized spacial score (nSPS) is 17.7. The van der Waals surface area contributed by atoms with Gasteiger partial charge < -0.3 is 55.1 Å². The summed E-state index contributed by atoms with van der Waals surface area (Å²) in [7, 11) is 1.17. The second-order valence-electron chi connectivity index (χ2n) is 23.7. The number of terminal acetylenes is 1. The summed E-state index contributed by atoms with van der Waals surface area (Å²) in [5, 5.41) is 21.3. The fraction of sp³-hybridized carbons (Fsp3) is 0.585. The molecule has 4 heterocycles. The maximum absolute atomic E-state index is 14.5. The summed E-state index contributed by atoms with van der Waals surface area (Å²) in [6.45, 7) is 4.34. The molecular formula is C65H89F2N11O15. The summed E-state index contributed by atoms with van der Waals surface area (Å²) < 4.78 is 49.1. The van der Waals surface area contributed by atoms with E-state index in [2.05, 4.69) is 32.2 Å². The zero-order chi connectivity index (χ0) is 67.1. The third-order valence-corrected chi connectivity index (χ3v) is 16.7. The van der Waals surface area contributed by atoms with Crippen LogP contribution in [0.15, 0.2) is 54.7 Å². The quantitative estimate of drug-likeness (QED) is 0.0188. The summed E-state index contributed by atoms with van der Waals surface area (Å²) >= 11 is 0. The number of carbonyl (C=O) groups excluding carboxylic acids is 9. The van der Waals surface area contributed by atoms with Crippen LogP contribution in [0.3, 0.4) is 0 Å². The second kappa shape index (κ2) is 38.6. The van der Waals surface area contributed by atoms with E-state index in [1.165, 1.54) is 19.4 Å². The molecule has 28 heteroatoms. The number of halogens is 2. The predicted molar refractivity (Wildman–Crippen MR) is 336 cm³/mol. The van der Waals surface area contributed by atoms with Crippen molar-refractivity contribution in [1.82, 2.24) is 55.7 Å². The Morgan fingerprint density at radius 3 is 2.06 bits per heavy atom. The number of hydrogen-bond donors (Lipinski definition) is 5. The lowest BCUT2D eigenvalue weighted by Crippen LogP contribution is -2.56. The first-order valence-electron chi connectivity index (χ1n) is 31.7. The smallest absolute Gasteiger partial charge is 0.317 e. The largest absolute Gasteiger partial charge is 0.494 e. The van der Waals surface area contributed by atoms with Gasteiger partial charge in [0.25, 0.3) is 24.8 Å². The van der Waals surface area contributed by atoms with Crippen molar-refractivity contribution in [3.63, 3.8) is 0 Å². The van der Waals surface area contributed by atoms with Crippen LogP contribution < -0.4 is 26.0 Å². The molecule has 2 aromatic carbocycles. The number of alkyl halides is 2. The molecule has 3 atom stereocenters. The zero-order valence-electron chi connectivity index (χ0n) is 53.2. The highest BCUT2D eigenvalue weighted by Crippen LogP contribution is 2.32. The number of esters is 1. The van der Waals surface area contributed by atoms with Crippen molar-refractivity contribution in [2.75, 3.05) is 125 Å². The van der Waals surface area contributed by atoms with Crippen LogP contribution in [-0.4, -0.2) is 249 Å². The number of nitrogens with zero attached hydrogens (tertiary/aromatic N) is 7. The number of pyridine rings is 1. The molecule has 93 heavy (non-hydrogen) atoms. The molecule has 3 saturated heterocycles. The molecule has 1 aromatic heterocycles. The maximum Gasteiger partial charge on any atom is 0.317 e. The molecule has 0 unspecified atom stereocenters. The Morgan fingerprint density at radius 2 is 1.43 bits per heavy atom. The van der Waals surface area contributed by atoms with E-state index in [1.807, 2.05) is 41.0 Å².